The molecule has 2 N–H and O–H groups in total. The van der Waals surface area contributed by atoms with Gasteiger partial charge in [-0.3, -0.25) is 0 Å². The summed E-state index contributed by atoms with van der Waals surface area (Å²) in [6, 6.07) is 1.69. The zero-order valence-corrected chi connectivity index (χ0v) is 7.47. The molecule has 0 saturated carbocycles. The standard InChI is InChI=1S/C9H11F2NO/c1-5(12)8-6(10)3-4-7(13-2)9(8)11/h3-5H,12H2,1-2H3/t5-/m0/s1. The topological polar surface area (TPSA) is 35.2 Å². The van der Waals surface area contributed by atoms with Crippen LogP contribution >= 0.6 is 0 Å². The summed E-state index contributed by atoms with van der Waals surface area (Å²) < 4.78 is 31.1. The van der Waals surface area contributed by atoms with Gasteiger partial charge in [-0.05, 0) is 19.1 Å². The largest absolute Gasteiger partial charge is 0.494 e. The van der Waals surface area contributed by atoms with Gasteiger partial charge in [-0.15, -0.1) is 0 Å². The molecule has 0 aliphatic carbocycles. The predicted molar refractivity (Wildman–Crippen MR) is 45.5 cm³/mol. The Hall–Kier alpha value is -1.16. The Morgan fingerprint density at radius 2 is 2.00 bits per heavy atom. The molecule has 0 fully saturated rings. The molecule has 0 aliphatic heterocycles. The first-order valence-electron chi connectivity index (χ1n) is 3.85. The Balaban J connectivity index is 3.30. The summed E-state index contributed by atoms with van der Waals surface area (Å²) >= 11 is 0. The van der Waals surface area contributed by atoms with E-state index >= 15 is 0 Å². The molecule has 0 radical (unpaired) electrons. The van der Waals surface area contributed by atoms with Crippen molar-refractivity contribution in [2.75, 3.05) is 7.11 Å². The highest BCUT2D eigenvalue weighted by Gasteiger charge is 2.16. The van der Waals surface area contributed by atoms with Gasteiger partial charge in [0.15, 0.2) is 11.6 Å². The zero-order valence-electron chi connectivity index (χ0n) is 7.47. The van der Waals surface area contributed by atoms with Gasteiger partial charge in [-0.25, -0.2) is 8.78 Å². The summed E-state index contributed by atoms with van der Waals surface area (Å²) in [4.78, 5) is 0. The fraction of sp³-hybridized carbons (Fsp3) is 0.333. The van der Waals surface area contributed by atoms with E-state index in [2.05, 4.69) is 0 Å². The van der Waals surface area contributed by atoms with Crippen LogP contribution in [0.3, 0.4) is 0 Å². The van der Waals surface area contributed by atoms with Crippen molar-refractivity contribution in [1.82, 2.24) is 0 Å². The summed E-state index contributed by atoms with van der Waals surface area (Å²) in [7, 11) is 1.32. The fourth-order valence-corrected chi connectivity index (χ4v) is 1.12. The van der Waals surface area contributed by atoms with Crippen molar-refractivity contribution in [3.63, 3.8) is 0 Å². The van der Waals surface area contributed by atoms with E-state index in [0.717, 1.165) is 6.07 Å². The van der Waals surface area contributed by atoms with Crippen molar-refractivity contribution >= 4 is 0 Å². The zero-order chi connectivity index (χ0) is 10.0. The van der Waals surface area contributed by atoms with Gasteiger partial charge in [-0.1, -0.05) is 0 Å². The maximum Gasteiger partial charge on any atom is 0.172 e. The van der Waals surface area contributed by atoms with Crippen LogP contribution in [0.5, 0.6) is 5.75 Å². The second kappa shape index (κ2) is 3.70. The summed E-state index contributed by atoms with van der Waals surface area (Å²) in [5.41, 5.74) is 5.26. The third-order valence-electron chi connectivity index (χ3n) is 1.77. The van der Waals surface area contributed by atoms with Gasteiger partial charge in [0.25, 0.3) is 0 Å². The normalized spacial score (nSPS) is 12.7. The lowest BCUT2D eigenvalue weighted by Crippen LogP contribution is -2.10. The average Bonchev–Trinajstić information content (AvgIpc) is 2.04. The van der Waals surface area contributed by atoms with Crippen molar-refractivity contribution < 1.29 is 13.5 Å². The Kier molecular flexibility index (Phi) is 2.83. The molecular formula is C9H11F2NO. The first-order valence-corrected chi connectivity index (χ1v) is 3.85. The molecule has 0 unspecified atom stereocenters. The number of methoxy groups -OCH3 is 1. The minimum absolute atomic E-state index is 0.00806. The number of hydrogen-bond donors (Lipinski definition) is 1. The van der Waals surface area contributed by atoms with Gasteiger partial charge in [0.1, 0.15) is 5.82 Å². The lowest BCUT2D eigenvalue weighted by Gasteiger charge is -2.11. The van der Waals surface area contributed by atoms with Gasteiger partial charge < -0.3 is 10.5 Å². The van der Waals surface area contributed by atoms with E-state index in [0.29, 0.717) is 0 Å². The lowest BCUT2D eigenvalue weighted by molar-refractivity contribution is 0.378. The van der Waals surface area contributed by atoms with Crippen LogP contribution in [0.4, 0.5) is 8.78 Å². The van der Waals surface area contributed by atoms with Gasteiger partial charge in [-0.2, -0.15) is 0 Å². The van der Waals surface area contributed by atoms with Crippen molar-refractivity contribution in [2.24, 2.45) is 5.73 Å². The second-order valence-electron chi connectivity index (χ2n) is 2.77. The Labute approximate surface area is 75.3 Å². The van der Waals surface area contributed by atoms with Crippen molar-refractivity contribution in [3.05, 3.63) is 29.3 Å². The first-order chi connectivity index (χ1) is 6.07. The van der Waals surface area contributed by atoms with Crippen LogP contribution in [0.15, 0.2) is 12.1 Å². The van der Waals surface area contributed by atoms with Crippen LogP contribution in [-0.4, -0.2) is 7.11 Å². The van der Waals surface area contributed by atoms with Gasteiger partial charge in [0.05, 0.1) is 7.11 Å². The van der Waals surface area contributed by atoms with Crippen molar-refractivity contribution in [1.29, 1.82) is 0 Å². The molecule has 1 aromatic rings. The summed E-state index contributed by atoms with van der Waals surface area (Å²) in [6.45, 7) is 1.51. The van der Waals surface area contributed by atoms with E-state index in [9.17, 15) is 8.78 Å². The SMILES string of the molecule is COc1ccc(F)c([C@H](C)N)c1F. The van der Waals surface area contributed by atoms with Crippen LogP contribution in [0.1, 0.15) is 18.5 Å². The molecule has 0 amide bonds. The summed E-state index contributed by atoms with van der Waals surface area (Å²) in [6.07, 6.45) is 0. The van der Waals surface area contributed by atoms with E-state index in [1.54, 1.807) is 0 Å². The van der Waals surface area contributed by atoms with Gasteiger partial charge >= 0.3 is 0 Å². The monoisotopic (exact) mass is 187 g/mol. The molecule has 0 aliphatic rings. The number of halogens is 2. The lowest BCUT2D eigenvalue weighted by atomic mass is 10.1. The highest BCUT2D eigenvalue weighted by molar-refractivity contribution is 5.33. The molecule has 0 spiro atoms. The molecule has 0 aromatic heterocycles. The van der Waals surface area contributed by atoms with E-state index in [-0.39, 0.29) is 11.3 Å². The van der Waals surface area contributed by atoms with E-state index < -0.39 is 17.7 Å². The maximum absolute atomic E-state index is 13.3. The number of nitrogens with two attached hydrogens (primary N) is 1. The minimum Gasteiger partial charge on any atom is -0.494 e. The van der Waals surface area contributed by atoms with Crippen LogP contribution in [-0.2, 0) is 0 Å². The molecule has 0 saturated heterocycles. The van der Waals surface area contributed by atoms with Crippen LogP contribution in [0, 0.1) is 11.6 Å². The number of rotatable bonds is 2. The van der Waals surface area contributed by atoms with E-state index in [1.807, 2.05) is 0 Å². The van der Waals surface area contributed by atoms with Crippen molar-refractivity contribution in [3.8, 4) is 5.75 Å². The molecule has 13 heavy (non-hydrogen) atoms. The molecule has 1 aromatic carbocycles. The number of ether oxygens (including phenoxy) is 1. The molecule has 0 heterocycles. The maximum atomic E-state index is 13.3. The first kappa shape index (κ1) is 9.92. The average molecular weight is 187 g/mol. The van der Waals surface area contributed by atoms with Crippen LogP contribution < -0.4 is 10.5 Å². The number of hydrogen-bond acceptors (Lipinski definition) is 2. The smallest absolute Gasteiger partial charge is 0.172 e. The molecule has 0 bridgehead atoms. The molecular weight excluding hydrogens is 176 g/mol. The van der Waals surface area contributed by atoms with Crippen LogP contribution in [0.2, 0.25) is 0 Å². The highest BCUT2D eigenvalue weighted by atomic mass is 19.1. The Morgan fingerprint density at radius 1 is 1.38 bits per heavy atom. The molecule has 72 valence electrons. The molecule has 4 heteroatoms. The highest BCUT2D eigenvalue weighted by Crippen LogP contribution is 2.26. The minimum atomic E-state index is -0.725. The third kappa shape index (κ3) is 1.78. The fourth-order valence-electron chi connectivity index (χ4n) is 1.12. The van der Waals surface area contributed by atoms with E-state index in [1.165, 1.54) is 20.1 Å². The molecule has 1 atom stereocenters. The third-order valence-corrected chi connectivity index (χ3v) is 1.77. The van der Waals surface area contributed by atoms with Gasteiger partial charge in [0.2, 0.25) is 0 Å². The second-order valence-corrected chi connectivity index (χ2v) is 2.77. The van der Waals surface area contributed by atoms with Gasteiger partial charge in [0, 0.05) is 11.6 Å². The molecule has 2 nitrogen and oxygen atoms in total. The predicted octanol–water partition coefficient (Wildman–Crippen LogP) is 1.99. The summed E-state index contributed by atoms with van der Waals surface area (Å²) in [5, 5.41) is 0. The van der Waals surface area contributed by atoms with Crippen molar-refractivity contribution in [2.45, 2.75) is 13.0 Å². The molecule has 1 rings (SSSR count). The Morgan fingerprint density at radius 3 is 2.46 bits per heavy atom. The summed E-state index contributed by atoms with van der Waals surface area (Å²) in [5.74, 6) is -1.36. The quantitative estimate of drug-likeness (QED) is 0.768. The number of benzene rings is 1. The Bertz CT molecular complexity index is 313. The van der Waals surface area contributed by atoms with E-state index in [4.69, 9.17) is 10.5 Å². The van der Waals surface area contributed by atoms with Crippen LogP contribution in [0.25, 0.3) is 0 Å².